The van der Waals surface area contributed by atoms with Gasteiger partial charge >= 0.3 is 16.3 Å². The van der Waals surface area contributed by atoms with Gasteiger partial charge in [-0.1, -0.05) is 0 Å². The molecule has 0 aliphatic carbocycles. The fourth-order valence-corrected chi connectivity index (χ4v) is 3.62. The molecule has 0 bridgehead atoms. The van der Waals surface area contributed by atoms with Crippen LogP contribution in [-0.4, -0.2) is 66.7 Å². The third kappa shape index (κ3) is 4.55. The average molecular weight is 350 g/mol. The number of ether oxygens (including phenoxy) is 1. The van der Waals surface area contributed by atoms with Crippen molar-refractivity contribution in [1.29, 1.82) is 0 Å². The van der Waals surface area contributed by atoms with Crippen LogP contribution in [0.15, 0.2) is 0 Å². The van der Waals surface area contributed by atoms with E-state index in [-0.39, 0.29) is 31.5 Å². The van der Waals surface area contributed by atoms with E-state index in [0.29, 0.717) is 19.4 Å². The van der Waals surface area contributed by atoms with Gasteiger partial charge in [-0.25, -0.2) is 4.79 Å². The zero-order valence-corrected chi connectivity index (χ0v) is 14.4. The molecule has 0 aromatic rings. The van der Waals surface area contributed by atoms with Gasteiger partial charge in [0.15, 0.2) is 0 Å². The zero-order valence-electron chi connectivity index (χ0n) is 13.6. The highest BCUT2D eigenvalue weighted by molar-refractivity contribution is 7.87. The maximum Gasteiger partial charge on any atom is 0.410 e. The lowest BCUT2D eigenvalue weighted by molar-refractivity contribution is -0.130. The predicted molar refractivity (Wildman–Crippen MR) is 81.0 cm³/mol. The van der Waals surface area contributed by atoms with E-state index in [1.165, 1.54) is 9.80 Å². The highest BCUT2D eigenvalue weighted by Gasteiger charge is 2.42. The van der Waals surface area contributed by atoms with Gasteiger partial charge in [0.25, 0.3) is 0 Å². The van der Waals surface area contributed by atoms with Crippen LogP contribution in [0.1, 0.15) is 40.0 Å². The van der Waals surface area contributed by atoms with Gasteiger partial charge in [0.1, 0.15) is 10.9 Å². The molecule has 2 atom stereocenters. The Bertz CT molecular complexity index is 586. The molecule has 0 radical (unpaired) electrons. The van der Waals surface area contributed by atoms with E-state index in [4.69, 9.17) is 4.74 Å². The number of likely N-dealkylation sites (tertiary alicyclic amines) is 2. The maximum absolute atomic E-state index is 13.1. The van der Waals surface area contributed by atoms with Gasteiger partial charge in [-0.15, -0.1) is 3.89 Å². The van der Waals surface area contributed by atoms with Crippen molar-refractivity contribution in [3.8, 4) is 0 Å². The third-order valence-electron chi connectivity index (χ3n) is 4.01. The molecule has 0 aromatic carbocycles. The Labute approximate surface area is 136 Å². The molecule has 2 fully saturated rings. The smallest absolute Gasteiger partial charge is 0.410 e. The fraction of sp³-hybridized carbons (Fsp3) is 0.857. The summed E-state index contributed by atoms with van der Waals surface area (Å²) in [5.41, 5.74) is -0.610. The third-order valence-corrected chi connectivity index (χ3v) is 5.12. The van der Waals surface area contributed by atoms with E-state index in [0.717, 1.165) is 0 Å². The highest BCUT2D eigenvalue weighted by Crippen LogP contribution is 2.26. The molecule has 1 unspecified atom stereocenters. The summed E-state index contributed by atoms with van der Waals surface area (Å²) < 4.78 is 40.4. The van der Waals surface area contributed by atoms with Crippen LogP contribution in [-0.2, 0) is 19.8 Å². The molecular weight excluding hydrogens is 327 g/mol. The van der Waals surface area contributed by atoms with Gasteiger partial charge in [-0.2, -0.15) is 8.42 Å². The van der Waals surface area contributed by atoms with E-state index in [2.05, 4.69) is 0 Å². The van der Waals surface area contributed by atoms with Crippen molar-refractivity contribution >= 4 is 22.2 Å². The van der Waals surface area contributed by atoms with Gasteiger partial charge in [0.2, 0.25) is 5.91 Å². The highest BCUT2D eigenvalue weighted by atomic mass is 32.3. The van der Waals surface area contributed by atoms with Crippen molar-refractivity contribution in [1.82, 2.24) is 9.80 Å². The van der Waals surface area contributed by atoms with Crippen LogP contribution in [0.3, 0.4) is 0 Å². The summed E-state index contributed by atoms with van der Waals surface area (Å²) >= 11 is 0. The monoisotopic (exact) mass is 350 g/mol. The van der Waals surface area contributed by atoms with Crippen molar-refractivity contribution in [2.24, 2.45) is 0 Å². The van der Waals surface area contributed by atoms with Gasteiger partial charge < -0.3 is 14.5 Å². The summed E-state index contributed by atoms with van der Waals surface area (Å²) in [5.74, 6) is -0.382. The quantitative estimate of drug-likeness (QED) is 0.701. The summed E-state index contributed by atoms with van der Waals surface area (Å²) in [6, 6.07) is -0.296. The van der Waals surface area contributed by atoms with E-state index in [1.54, 1.807) is 20.8 Å². The van der Waals surface area contributed by atoms with Gasteiger partial charge in [-0.05, 0) is 33.6 Å². The molecule has 2 rings (SSSR count). The van der Waals surface area contributed by atoms with Crippen LogP contribution in [0, 0.1) is 0 Å². The molecule has 0 saturated carbocycles. The van der Waals surface area contributed by atoms with E-state index < -0.39 is 27.2 Å². The topological polar surface area (TPSA) is 84.0 Å². The van der Waals surface area contributed by atoms with Gasteiger partial charge in [0, 0.05) is 32.1 Å². The van der Waals surface area contributed by atoms with Gasteiger partial charge in [-0.3, -0.25) is 4.79 Å². The molecule has 23 heavy (non-hydrogen) atoms. The minimum Gasteiger partial charge on any atom is -0.444 e. The van der Waals surface area contributed by atoms with E-state index in [1.807, 2.05) is 0 Å². The Hall–Kier alpha value is -1.38. The first kappa shape index (κ1) is 18.0. The molecule has 0 spiro atoms. The molecule has 2 aliphatic rings. The van der Waals surface area contributed by atoms with Crippen LogP contribution in [0.2, 0.25) is 0 Å². The largest absolute Gasteiger partial charge is 0.444 e. The number of halogens is 1. The van der Waals surface area contributed by atoms with E-state index in [9.17, 15) is 21.9 Å². The van der Waals surface area contributed by atoms with Crippen LogP contribution in [0.25, 0.3) is 0 Å². The number of nitrogens with zero attached hydrogens (tertiary/aromatic N) is 2. The van der Waals surface area contributed by atoms with Crippen LogP contribution < -0.4 is 0 Å². The molecule has 132 valence electrons. The number of rotatable bonds is 2. The van der Waals surface area contributed by atoms with Crippen LogP contribution >= 0.6 is 0 Å². The summed E-state index contributed by atoms with van der Waals surface area (Å²) in [6.45, 7) is 5.97. The second-order valence-electron chi connectivity index (χ2n) is 7.07. The van der Waals surface area contributed by atoms with Crippen molar-refractivity contribution in [3.05, 3.63) is 0 Å². The lowest BCUT2D eigenvalue weighted by atomic mass is 10.0. The van der Waals surface area contributed by atoms with E-state index >= 15 is 0 Å². The standard InChI is InChI=1S/C14H23FN2O5S/c1-14(2,3)22-13(19)16-6-4-5-10(8-16)17-9-11(7-12(17)18)23(15,20)21/h10-11H,4-9H2,1-3H3/t10-,11?/m1/s1. The molecule has 7 nitrogen and oxygen atoms in total. The van der Waals surface area contributed by atoms with Crippen molar-refractivity contribution in [2.45, 2.75) is 56.9 Å². The zero-order chi connectivity index (χ0) is 17.4. The maximum atomic E-state index is 13.1. The lowest BCUT2D eigenvalue weighted by Gasteiger charge is -2.38. The summed E-state index contributed by atoms with van der Waals surface area (Å²) in [4.78, 5) is 27.0. The molecular formula is C14H23FN2O5S. The number of hydrogen-bond donors (Lipinski definition) is 0. The minimum atomic E-state index is -4.73. The fourth-order valence-electron chi connectivity index (χ4n) is 2.94. The Kier molecular flexibility index (Phi) is 4.89. The normalized spacial score (nSPS) is 26.5. The molecule has 0 N–H and O–H groups in total. The SMILES string of the molecule is CC(C)(C)OC(=O)N1CCC[C@@H](N2CC(S(=O)(=O)F)CC2=O)C1. The van der Waals surface area contributed by atoms with Crippen molar-refractivity contribution < 1.29 is 26.6 Å². The second-order valence-corrected chi connectivity index (χ2v) is 8.69. The first-order chi connectivity index (χ1) is 10.5. The molecule has 2 aliphatic heterocycles. The Morgan fingerprint density at radius 2 is 1.96 bits per heavy atom. The summed E-state index contributed by atoms with van der Waals surface area (Å²) in [5, 5.41) is -1.30. The van der Waals surface area contributed by atoms with Crippen LogP contribution in [0.4, 0.5) is 8.68 Å². The number of piperidine rings is 1. The average Bonchev–Trinajstić information content (AvgIpc) is 2.79. The lowest BCUT2D eigenvalue weighted by Crippen LogP contribution is -2.51. The number of amides is 2. The Morgan fingerprint density at radius 1 is 1.30 bits per heavy atom. The molecule has 0 aromatic heterocycles. The summed E-state index contributed by atoms with van der Waals surface area (Å²) in [6.07, 6.45) is 0.551. The molecule has 2 saturated heterocycles. The molecule has 2 heterocycles. The summed E-state index contributed by atoms with van der Waals surface area (Å²) in [7, 11) is -4.73. The molecule has 2 amide bonds. The van der Waals surface area contributed by atoms with Crippen molar-refractivity contribution in [3.63, 3.8) is 0 Å². The molecule has 9 heteroatoms. The minimum absolute atomic E-state index is 0.148. The Balaban J connectivity index is 2.01. The first-order valence-corrected chi connectivity index (χ1v) is 9.13. The Morgan fingerprint density at radius 3 is 2.48 bits per heavy atom. The number of carbonyl (C=O) groups is 2. The van der Waals surface area contributed by atoms with Crippen LogP contribution in [0.5, 0.6) is 0 Å². The first-order valence-electron chi connectivity index (χ1n) is 7.68. The predicted octanol–water partition coefficient (Wildman–Crippen LogP) is 1.29. The van der Waals surface area contributed by atoms with Gasteiger partial charge in [0.05, 0.1) is 0 Å². The number of hydrogen-bond acceptors (Lipinski definition) is 5. The second kappa shape index (κ2) is 6.26. The number of carbonyl (C=O) groups excluding carboxylic acids is 2. The van der Waals surface area contributed by atoms with Crippen molar-refractivity contribution in [2.75, 3.05) is 19.6 Å².